The first-order valence-electron chi connectivity index (χ1n) is 6.82. The Bertz CT molecular complexity index is 466. The van der Waals surface area contributed by atoms with Crippen LogP contribution < -0.4 is 5.73 Å². The molecule has 1 aliphatic heterocycles. The fourth-order valence-electron chi connectivity index (χ4n) is 2.50. The van der Waals surface area contributed by atoms with Crippen LogP contribution >= 0.6 is 0 Å². The van der Waals surface area contributed by atoms with Crippen LogP contribution in [0.2, 0.25) is 0 Å². The normalized spacial score (nSPS) is 17.4. The number of nitrogens with zero attached hydrogens (tertiary/aromatic N) is 1. The summed E-state index contributed by atoms with van der Waals surface area (Å²) in [7, 11) is 0. The summed E-state index contributed by atoms with van der Waals surface area (Å²) in [5, 5.41) is 0. The van der Waals surface area contributed by atoms with Crippen LogP contribution in [0.1, 0.15) is 32.8 Å². The van der Waals surface area contributed by atoms with Crippen molar-refractivity contribution in [2.45, 2.75) is 33.7 Å². The Morgan fingerprint density at radius 2 is 2.05 bits per heavy atom. The molecule has 0 bridgehead atoms. The molecule has 0 saturated carbocycles. The van der Waals surface area contributed by atoms with Gasteiger partial charge in [-0.05, 0) is 24.0 Å². The third-order valence-corrected chi connectivity index (χ3v) is 3.79. The topological polar surface area (TPSA) is 29.3 Å². The third kappa shape index (κ3) is 3.35. The Hall–Kier alpha value is -1.35. The first-order valence-corrected chi connectivity index (χ1v) is 6.82. The van der Waals surface area contributed by atoms with Gasteiger partial charge in [-0.3, -0.25) is 4.90 Å². The number of nitrogen functional groups attached to an aromatic ring is 1. The Morgan fingerprint density at radius 3 is 2.58 bits per heavy atom. The van der Waals surface area contributed by atoms with Crippen LogP contribution in [-0.2, 0) is 6.54 Å². The summed E-state index contributed by atoms with van der Waals surface area (Å²) in [6, 6.07) is 4.90. The smallest absolute Gasteiger partial charge is 0.129 e. The van der Waals surface area contributed by atoms with Gasteiger partial charge in [0.2, 0.25) is 0 Å². The molecule has 0 aliphatic carbocycles. The highest BCUT2D eigenvalue weighted by molar-refractivity contribution is 5.47. The van der Waals surface area contributed by atoms with Crippen molar-refractivity contribution in [1.29, 1.82) is 0 Å². The van der Waals surface area contributed by atoms with Crippen molar-refractivity contribution < 1.29 is 4.39 Å². The van der Waals surface area contributed by atoms with Crippen LogP contribution in [0.5, 0.6) is 0 Å². The number of hydrogen-bond acceptors (Lipinski definition) is 2. The maximum absolute atomic E-state index is 13.7. The standard InChI is InChI=1S/C16H23FN2/c1-16(2,3)12-7-9-19(10-8-12)11-13-14(17)5-4-6-15(13)18/h4-7H,8-11,18H2,1-3H3. The van der Waals surface area contributed by atoms with E-state index < -0.39 is 0 Å². The van der Waals surface area contributed by atoms with E-state index in [0.29, 0.717) is 17.8 Å². The summed E-state index contributed by atoms with van der Waals surface area (Å²) in [5.74, 6) is -0.203. The van der Waals surface area contributed by atoms with E-state index in [2.05, 4.69) is 31.7 Å². The van der Waals surface area contributed by atoms with Crippen molar-refractivity contribution >= 4 is 5.69 Å². The summed E-state index contributed by atoms with van der Waals surface area (Å²) in [6.45, 7) is 9.15. The molecule has 0 unspecified atom stereocenters. The Morgan fingerprint density at radius 1 is 1.32 bits per heavy atom. The van der Waals surface area contributed by atoms with Gasteiger partial charge >= 0.3 is 0 Å². The minimum atomic E-state index is -0.203. The predicted octanol–water partition coefficient (Wildman–Crippen LogP) is 3.59. The van der Waals surface area contributed by atoms with Gasteiger partial charge in [0.15, 0.2) is 0 Å². The van der Waals surface area contributed by atoms with Crippen LogP contribution in [-0.4, -0.2) is 18.0 Å². The fourth-order valence-corrected chi connectivity index (χ4v) is 2.50. The van der Waals surface area contributed by atoms with E-state index in [9.17, 15) is 4.39 Å². The molecule has 1 aromatic carbocycles. The molecule has 2 nitrogen and oxygen atoms in total. The van der Waals surface area contributed by atoms with E-state index >= 15 is 0 Å². The number of nitrogens with two attached hydrogens (primary N) is 1. The van der Waals surface area contributed by atoms with Gasteiger partial charge in [0.05, 0.1) is 0 Å². The summed E-state index contributed by atoms with van der Waals surface area (Å²) in [6.07, 6.45) is 3.33. The highest BCUT2D eigenvalue weighted by atomic mass is 19.1. The van der Waals surface area contributed by atoms with Crippen LogP contribution in [0.4, 0.5) is 10.1 Å². The average Bonchev–Trinajstić information content (AvgIpc) is 2.33. The number of hydrogen-bond donors (Lipinski definition) is 1. The molecule has 1 aliphatic rings. The second kappa shape index (κ2) is 5.33. The van der Waals surface area contributed by atoms with E-state index in [1.807, 2.05) is 0 Å². The highest BCUT2D eigenvalue weighted by Crippen LogP contribution is 2.30. The van der Waals surface area contributed by atoms with Crippen molar-refractivity contribution in [3.63, 3.8) is 0 Å². The molecular weight excluding hydrogens is 239 g/mol. The van der Waals surface area contributed by atoms with Crippen LogP contribution in [0.3, 0.4) is 0 Å². The molecule has 0 fully saturated rings. The van der Waals surface area contributed by atoms with Crippen LogP contribution in [0.25, 0.3) is 0 Å². The van der Waals surface area contributed by atoms with Crippen molar-refractivity contribution in [3.05, 3.63) is 41.2 Å². The number of halogens is 1. The lowest BCUT2D eigenvalue weighted by Gasteiger charge is -2.32. The molecule has 2 N–H and O–H groups in total. The molecule has 3 heteroatoms. The maximum atomic E-state index is 13.7. The van der Waals surface area contributed by atoms with Gasteiger partial charge in [0, 0.05) is 30.9 Å². The molecule has 0 amide bonds. The zero-order chi connectivity index (χ0) is 14.0. The van der Waals surface area contributed by atoms with Gasteiger partial charge in [-0.1, -0.05) is 38.5 Å². The first-order chi connectivity index (χ1) is 8.88. The first kappa shape index (κ1) is 14.1. The second-order valence-corrected chi connectivity index (χ2v) is 6.27. The third-order valence-electron chi connectivity index (χ3n) is 3.79. The molecule has 0 saturated heterocycles. The van der Waals surface area contributed by atoms with Crippen molar-refractivity contribution in [2.75, 3.05) is 18.8 Å². The van der Waals surface area contributed by atoms with Gasteiger partial charge in [-0.2, -0.15) is 0 Å². The number of anilines is 1. The summed E-state index contributed by atoms with van der Waals surface area (Å²) in [4.78, 5) is 2.24. The zero-order valence-corrected chi connectivity index (χ0v) is 12.0. The van der Waals surface area contributed by atoms with E-state index in [1.54, 1.807) is 12.1 Å². The van der Waals surface area contributed by atoms with Gasteiger partial charge < -0.3 is 5.73 Å². The molecule has 1 heterocycles. The van der Waals surface area contributed by atoms with Crippen molar-refractivity contribution in [2.24, 2.45) is 5.41 Å². The molecule has 2 rings (SSSR count). The zero-order valence-electron chi connectivity index (χ0n) is 12.0. The lowest BCUT2D eigenvalue weighted by atomic mass is 9.83. The van der Waals surface area contributed by atoms with E-state index in [1.165, 1.54) is 11.6 Å². The lowest BCUT2D eigenvalue weighted by molar-refractivity contribution is 0.268. The van der Waals surface area contributed by atoms with Gasteiger partial charge in [-0.15, -0.1) is 0 Å². The second-order valence-electron chi connectivity index (χ2n) is 6.27. The number of rotatable bonds is 2. The Labute approximate surface area is 115 Å². The molecule has 19 heavy (non-hydrogen) atoms. The van der Waals surface area contributed by atoms with Crippen LogP contribution in [0, 0.1) is 11.2 Å². The van der Waals surface area contributed by atoms with Gasteiger partial charge in [0.25, 0.3) is 0 Å². The highest BCUT2D eigenvalue weighted by Gasteiger charge is 2.22. The van der Waals surface area contributed by atoms with Crippen molar-refractivity contribution in [3.8, 4) is 0 Å². The quantitative estimate of drug-likeness (QED) is 0.652. The Kier molecular flexibility index (Phi) is 3.95. The largest absolute Gasteiger partial charge is 0.398 e. The molecule has 1 aromatic rings. The van der Waals surface area contributed by atoms with Gasteiger partial charge in [-0.25, -0.2) is 4.39 Å². The summed E-state index contributed by atoms with van der Waals surface area (Å²) < 4.78 is 13.7. The van der Waals surface area contributed by atoms with Gasteiger partial charge in [0.1, 0.15) is 5.82 Å². The van der Waals surface area contributed by atoms with Crippen LogP contribution in [0.15, 0.2) is 29.8 Å². The number of benzene rings is 1. The SMILES string of the molecule is CC(C)(C)C1=CCN(Cc2c(N)cccc2F)CC1. The summed E-state index contributed by atoms with van der Waals surface area (Å²) in [5.41, 5.74) is 8.75. The Balaban J connectivity index is 2.06. The molecule has 0 atom stereocenters. The minimum absolute atomic E-state index is 0.203. The predicted molar refractivity (Wildman–Crippen MR) is 78.2 cm³/mol. The van der Waals surface area contributed by atoms with E-state index in [0.717, 1.165) is 19.5 Å². The molecule has 104 valence electrons. The van der Waals surface area contributed by atoms with E-state index in [4.69, 9.17) is 5.73 Å². The molecule has 0 radical (unpaired) electrons. The van der Waals surface area contributed by atoms with Crippen molar-refractivity contribution in [1.82, 2.24) is 4.90 Å². The molecule has 0 spiro atoms. The lowest BCUT2D eigenvalue weighted by Crippen LogP contribution is -2.31. The molecular formula is C16H23FN2. The molecule has 0 aromatic heterocycles. The minimum Gasteiger partial charge on any atom is -0.398 e. The monoisotopic (exact) mass is 262 g/mol. The van der Waals surface area contributed by atoms with E-state index in [-0.39, 0.29) is 11.2 Å². The average molecular weight is 262 g/mol. The summed E-state index contributed by atoms with van der Waals surface area (Å²) >= 11 is 0. The fraction of sp³-hybridized carbons (Fsp3) is 0.500. The maximum Gasteiger partial charge on any atom is 0.129 e.